The molecule has 3 rings (SSSR count). The Morgan fingerprint density at radius 2 is 1.93 bits per heavy atom. The fourth-order valence-corrected chi connectivity index (χ4v) is 3.35. The minimum Gasteiger partial charge on any atom is -0.492 e. The highest BCUT2D eigenvalue weighted by molar-refractivity contribution is 9.10. The molecule has 0 unspecified atom stereocenters. The molecule has 0 aliphatic heterocycles. The summed E-state index contributed by atoms with van der Waals surface area (Å²) in [6, 6.07) is 15.4. The van der Waals surface area contributed by atoms with E-state index in [9.17, 15) is 4.79 Å². The zero-order chi connectivity index (χ0) is 19.9. The second-order valence-corrected chi connectivity index (χ2v) is 7.94. The lowest BCUT2D eigenvalue weighted by molar-refractivity contribution is -0.127. The normalized spacial score (nSPS) is 10.7. The van der Waals surface area contributed by atoms with E-state index in [0.717, 1.165) is 21.3 Å². The topological polar surface area (TPSA) is 68.5 Å². The van der Waals surface area contributed by atoms with Crippen LogP contribution in [0.25, 0.3) is 11.5 Å². The maximum atomic E-state index is 12.3. The van der Waals surface area contributed by atoms with Crippen LogP contribution in [0.5, 0.6) is 5.75 Å². The molecular weight excluding hydrogens is 442 g/mol. The molecule has 0 N–H and O–H groups in total. The smallest absolute Gasteiger partial charge is 0.277 e. The number of nitrogens with zero attached hydrogens (tertiary/aromatic N) is 3. The van der Waals surface area contributed by atoms with Crippen LogP contribution in [0.15, 0.2) is 62.6 Å². The average Bonchev–Trinajstić information content (AvgIpc) is 3.16. The SMILES string of the molecule is Cc1ccccc1-c1nnc(SCC(=O)N(C)CCOc2ccc(Br)cc2)o1. The first-order chi connectivity index (χ1) is 13.5. The number of carbonyl (C=O) groups is 1. The number of amides is 1. The summed E-state index contributed by atoms with van der Waals surface area (Å²) in [4.78, 5) is 13.9. The van der Waals surface area contributed by atoms with E-state index in [1.54, 1.807) is 11.9 Å². The molecule has 1 heterocycles. The van der Waals surface area contributed by atoms with Crippen molar-refractivity contribution in [1.29, 1.82) is 0 Å². The molecule has 146 valence electrons. The summed E-state index contributed by atoms with van der Waals surface area (Å²) in [5.41, 5.74) is 1.96. The van der Waals surface area contributed by atoms with Crippen molar-refractivity contribution >= 4 is 33.6 Å². The number of halogens is 1. The summed E-state index contributed by atoms with van der Waals surface area (Å²) in [5, 5.41) is 8.48. The van der Waals surface area contributed by atoms with Crippen LogP contribution in [0.4, 0.5) is 0 Å². The van der Waals surface area contributed by atoms with E-state index < -0.39 is 0 Å². The molecule has 0 saturated heterocycles. The summed E-state index contributed by atoms with van der Waals surface area (Å²) < 4.78 is 12.3. The van der Waals surface area contributed by atoms with Gasteiger partial charge in [-0.1, -0.05) is 45.9 Å². The molecule has 1 aromatic heterocycles. The van der Waals surface area contributed by atoms with Crippen molar-refractivity contribution < 1.29 is 13.9 Å². The number of rotatable bonds is 8. The molecule has 0 bridgehead atoms. The van der Waals surface area contributed by atoms with Crippen molar-refractivity contribution in [3.63, 3.8) is 0 Å². The van der Waals surface area contributed by atoms with E-state index in [2.05, 4.69) is 26.1 Å². The van der Waals surface area contributed by atoms with Crippen molar-refractivity contribution in [2.75, 3.05) is 26.0 Å². The Bertz CT molecular complexity index is 930. The summed E-state index contributed by atoms with van der Waals surface area (Å²) in [7, 11) is 1.75. The Balaban J connectivity index is 1.44. The van der Waals surface area contributed by atoms with E-state index in [1.807, 2.05) is 55.5 Å². The monoisotopic (exact) mass is 461 g/mol. The zero-order valence-corrected chi connectivity index (χ0v) is 18.0. The van der Waals surface area contributed by atoms with Crippen LogP contribution in [-0.4, -0.2) is 47.0 Å². The number of carbonyl (C=O) groups excluding carboxylic acids is 1. The largest absolute Gasteiger partial charge is 0.492 e. The molecule has 3 aromatic rings. The van der Waals surface area contributed by atoms with Crippen molar-refractivity contribution in [1.82, 2.24) is 15.1 Å². The number of hydrogen-bond acceptors (Lipinski definition) is 6. The maximum absolute atomic E-state index is 12.3. The van der Waals surface area contributed by atoms with Crippen LogP contribution in [0.3, 0.4) is 0 Å². The molecule has 8 heteroatoms. The lowest BCUT2D eigenvalue weighted by Gasteiger charge is -2.16. The van der Waals surface area contributed by atoms with Crippen LogP contribution in [-0.2, 0) is 4.79 Å². The minimum atomic E-state index is -0.0277. The Morgan fingerprint density at radius 1 is 1.18 bits per heavy atom. The molecule has 0 fully saturated rings. The third-order valence-electron chi connectivity index (χ3n) is 4.04. The van der Waals surface area contributed by atoms with Crippen molar-refractivity contribution in [3.05, 3.63) is 58.6 Å². The maximum Gasteiger partial charge on any atom is 0.277 e. The molecule has 6 nitrogen and oxygen atoms in total. The molecule has 28 heavy (non-hydrogen) atoms. The van der Waals surface area contributed by atoms with E-state index in [1.165, 1.54) is 11.8 Å². The van der Waals surface area contributed by atoms with Gasteiger partial charge >= 0.3 is 0 Å². The molecular formula is C20H20BrN3O3S. The Labute approximate surface area is 176 Å². The van der Waals surface area contributed by atoms with Crippen LogP contribution < -0.4 is 4.74 Å². The highest BCUT2D eigenvalue weighted by Gasteiger charge is 2.14. The van der Waals surface area contributed by atoms with Crippen LogP contribution >= 0.6 is 27.7 Å². The number of aromatic nitrogens is 2. The number of thioether (sulfide) groups is 1. The predicted octanol–water partition coefficient (Wildman–Crippen LogP) is 4.44. The number of benzene rings is 2. The fourth-order valence-electron chi connectivity index (χ4n) is 2.38. The first kappa shape index (κ1) is 20.4. The summed E-state index contributed by atoms with van der Waals surface area (Å²) in [6.45, 7) is 2.90. The van der Waals surface area contributed by atoms with Crippen molar-refractivity contribution in [2.45, 2.75) is 12.1 Å². The second-order valence-electron chi connectivity index (χ2n) is 6.09. The van der Waals surface area contributed by atoms with Gasteiger partial charge in [0.25, 0.3) is 5.22 Å². The third-order valence-corrected chi connectivity index (χ3v) is 5.37. The Morgan fingerprint density at radius 3 is 2.68 bits per heavy atom. The van der Waals surface area contributed by atoms with Gasteiger partial charge in [-0.25, -0.2) is 0 Å². The van der Waals surface area contributed by atoms with Gasteiger partial charge in [0.1, 0.15) is 12.4 Å². The zero-order valence-electron chi connectivity index (χ0n) is 15.6. The third kappa shape index (κ3) is 5.59. The highest BCUT2D eigenvalue weighted by Crippen LogP contribution is 2.25. The van der Waals surface area contributed by atoms with E-state index in [0.29, 0.717) is 24.3 Å². The van der Waals surface area contributed by atoms with Crippen LogP contribution in [0.2, 0.25) is 0 Å². The van der Waals surface area contributed by atoms with Gasteiger partial charge in [-0.3, -0.25) is 4.79 Å². The minimum absolute atomic E-state index is 0.0277. The van der Waals surface area contributed by atoms with Crippen LogP contribution in [0, 0.1) is 6.92 Å². The standard InChI is InChI=1S/C20H20BrN3O3S/c1-14-5-3-4-6-17(14)19-22-23-20(27-19)28-13-18(25)24(2)11-12-26-16-9-7-15(21)8-10-16/h3-10H,11-13H2,1-2H3. The number of likely N-dealkylation sites (N-methyl/N-ethyl adjacent to an activating group) is 1. The van der Waals surface area contributed by atoms with E-state index >= 15 is 0 Å². The summed E-state index contributed by atoms with van der Waals surface area (Å²) >= 11 is 4.61. The van der Waals surface area contributed by atoms with Gasteiger partial charge in [-0.2, -0.15) is 0 Å². The number of ether oxygens (including phenoxy) is 1. The molecule has 0 atom stereocenters. The fraction of sp³-hybridized carbons (Fsp3) is 0.250. The average molecular weight is 462 g/mol. The lowest BCUT2D eigenvalue weighted by Crippen LogP contribution is -2.32. The Kier molecular flexibility index (Phi) is 7.11. The highest BCUT2D eigenvalue weighted by atomic mass is 79.9. The molecule has 0 aliphatic rings. The first-order valence-electron chi connectivity index (χ1n) is 8.67. The summed E-state index contributed by atoms with van der Waals surface area (Å²) in [6.07, 6.45) is 0. The summed E-state index contributed by atoms with van der Waals surface area (Å²) in [5.74, 6) is 1.43. The van der Waals surface area contributed by atoms with Gasteiger partial charge in [-0.15, -0.1) is 10.2 Å². The molecule has 0 saturated carbocycles. The number of hydrogen-bond donors (Lipinski definition) is 0. The molecule has 1 amide bonds. The predicted molar refractivity (Wildman–Crippen MR) is 112 cm³/mol. The van der Waals surface area contributed by atoms with Crippen molar-refractivity contribution in [2.24, 2.45) is 0 Å². The second kappa shape index (κ2) is 9.75. The van der Waals surface area contributed by atoms with Gasteiger partial charge < -0.3 is 14.1 Å². The van der Waals surface area contributed by atoms with Gasteiger partial charge in [0.15, 0.2) is 0 Å². The molecule has 0 aliphatic carbocycles. The van der Waals surface area contributed by atoms with Crippen molar-refractivity contribution in [3.8, 4) is 17.2 Å². The first-order valence-corrected chi connectivity index (χ1v) is 10.5. The quantitative estimate of drug-likeness (QED) is 0.462. The van der Waals surface area contributed by atoms with E-state index in [4.69, 9.17) is 9.15 Å². The van der Waals surface area contributed by atoms with Gasteiger partial charge in [0, 0.05) is 17.1 Å². The lowest BCUT2D eigenvalue weighted by atomic mass is 10.1. The molecule has 0 radical (unpaired) electrons. The van der Waals surface area contributed by atoms with Crippen LogP contribution in [0.1, 0.15) is 5.56 Å². The molecule has 2 aromatic carbocycles. The molecule has 0 spiro atoms. The van der Waals surface area contributed by atoms with Gasteiger partial charge in [0.2, 0.25) is 11.8 Å². The van der Waals surface area contributed by atoms with E-state index in [-0.39, 0.29) is 11.7 Å². The van der Waals surface area contributed by atoms with Gasteiger partial charge in [0.05, 0.1) is 12.3 Å². The number of aryl methyl sites for hydroxylation is 1. The van der Waals surface area contributed by atoms with Gasteiger partial charge in [-0.05, 0) is 42.8 Å². The Hall–Kier alpha value is -2.32.